The number of ether oxygens (including phenoxy) is 1. The molecule has 0 saturated heterocycles. The number of hydrogen-bond acceptors (Lipinski definition) is 5. The van der Waals surface area contributed by atoms with E-state index in [9.17, 15) is 18.0 Å². The molecule has 0 bridgehead atoms. The second-order valence-electron chi connectivity index (χ2n) is 7.69. The van der Waals surface area contributed by atoms with Gasteiger partial charge in [-0.25, -0.2) is 17.9 Å². The van der Waals surface area contributed by atoms with Gasteiger partial charge in [-0.05, 0) is 61.7 Å². The molecule has 3 aromatic carbocycles. The average Bonchev–Trinajstić information content (AvgIpc) is 2.81. The van der Waals surface area contributed by atoms with Gasteiger partial charge in [-0.3, -0.25) is 4.79 Å². The normalized spacial score (nSPS) is 12.1. The first-order chi connectivity index (χ1) is 15.7. The first-order valence-electron chi connectivity index (χ1n) is 10.4. The van der Waals surface area contributed by atoms with E-state index < -0.39 is 28.0 Å². The van der Waals surface area contributed by atoms with Crippen molar-refractivity contribution in [2.75, 3.05) is 5.32 Å². The van der Waals surface area contributed by atoms with Gasteiger partial charge in [-0.1, -0.05) is 48.5 Å². The fourth-order valence-corrected chi connectivity index (χ4v) is 4.10. The number of amides is 1. The standard InChI is InChI=1S/C25H26N2O5S/c1-17-12-13-18(2)23(14-17)27-24(28)19(3)32-25(29)21-10-7-11-22(15-21)33(30,31)26-16-20-8-5-4-6-9-20/h4-15,19,26H,16H2,1-3H3,(H,27,28). The molecule has 0 heterocycles. The fraction of sp³-hybridized carbons (Fsp3) is 0.200. The number of rotatable bonds is 8. The lowest BCUT2D eigenvalue weighted by Gasteiger charge is -2.15. The van der Waals surface area contributed by atoms with Crippen molar-refractivity contribution in [3.8, 4) is 0 Å². The van der Waals surface area contributed by atoms with Crippen LogP contribution in [0.25, 0.3) is 0 Å². The molecule has 0 radical (unpaired) electrons. The van der Waals surface area contributed by atoms with E-state index in [1.807, 2.05) is 50.2 Å². The summed E-state index contributed by atoms with van der Waals surface area (Å²) in [6, 6.07) is 20.3. The summed E-state index contributed by atoms with van der Waals surface area (Å²) in [7, 11) is -3.85. The van der Waals surface area contributed by atoms with Crippen LogP contribution in [0.15, 0.2) is 77.7 Å². The van der Waals surface area contributed by atoms with Crippen LogP contribution in [-0.2, 0) is 26.1 Å². The molecule has 3 rings (SSSR count). The Hall–Kier alpha value is -3.49. The van der Waals surface area contributed by atoms with Gasteiger partial charge in [0.05, 0.1) is 10.5 Å². The topological polar surface area (TPSA) is 102 Å². The molecular weight excluding hydrogens is 440 g/mol. The number of esters is 1. The Balaban J connectivity index is 1.66. The number of sulfonamides is 1. The van der Waals surface area contributed by atoms with Crippen LogP contribution >= 0.6 is 0 Å². The van der Waals surface area contributed by atoms with E-state index in [-0.39, 0.29) is 17.0 Å². The fourth-order valence-electron chi connectivity index (χ4n) is 3.03. The van der Waals surface area contributed by atoms with E-state index in [4.69, 9.17) is 4.74 Å². The lowest BCUT2D eigenvalue weighted by atomic mass is 10.1. The molecule has 0 aromatic heterocycles. The largest absolute Gasteiger partial charge is 0.449 e. The Labute approximate surface area is 193 Å². The Bertz CT molecular complexity index is 1260. The Morgan fingerprint density at radius 3 is 2.39 bits per heavy atom. The van der Waals surface area contributed by atoms with Crippen LogP contribution in [0.1, 0.15) is 34.0 Å². The predicted octanol–water partition coefficient (Wildman–Crippen LogP) is 3.97. The number of benzene rings is 3. The second kappa shape index (κ2) is 10.4. The van der Waals surface area contributed by atoms with E-state index >= 15 is 0 Å². The number of carbonyl (C=O) groups is 2. The van der Waals surface area contributed by atoms with Crippen LogP contribution in [0.3, 0.4) is 0 Å². The van der Waals surface area contributed by atoms with Crippen molar-refractivity contribution in [3.05, 3.63) is 95.1 Å². The van der Waals surface area contributed by atoms with E-state index in [1.54, 1.807) is 12.1 Å². The van der Waals surface area contributed by atoms with Gasteiger partial charge in [0.1, 0.15) is 0 Å². The van der Waals surface area contributed by atoms with Crippen molar-refractivity contribution in [1.29, 1.82) is 0 Å². The van der Waals surface area contributed by atoms with E-state index in [1.165, 1.54) is 31.2 Å². The molecule has 172 valence electrons. The highest BCUT2D eigenvalue weighted by Crippen LogP contribution is 2.18. The van der Waals surface area contributed by atoms with Gasteiger partial charge in [-0.15, -0.1) is 0 Å². The number of anilines is 1. The molecule has 33 heavy (non-hydrogen) atoms. The first kappa shape index (κ1) is 24.2. The molecule has 3 aromatic rings. The molecule has 0 saturated carbocycles. The molecule has 0 aliphatic carbocycles. The first-order valence-corrected chi connectivity index (χ1v) is 11.9. The molecule has 1 amide bonds. The summed E-state index contributed by atoms with van der Waals surface area (Å²) in [5.74, 6) is -1.27. The van der Waals surface area contributed by atoms with Gasteiger partial charge in [0, 0.05) is 12.2 Å². The molecule has 0 aliphatic heterocycles. The Morgan fingerprint density at radius 1 is 0.939 bits per heavy atom. The summed E-state index contributed by atoms with van der Waals surface area (Å²) in [6.45, 7) is 5.35. The molecule has 1 atom stereocenters. The number of nitrogens with one attached hydrogen (secondary N) is 2. The smallest absolute Gasteiger partial charge is 0.338 e. The van der Waals surface area contributed by atoms with Crippen molar-refractivity contribution in [1.82, 2.24) is 4.72 Å². The highest BCUT2D eigenvalue weighted by atomic mass is 32.2. The minimum atomic E-state index is -3.85. The molecule has 0 spiro atoms. The van der Waals surface area contributed by atoms with Gasteiger partial charge >= 0.3 is 5.97 Å². The summed E-state index contributed by atoms with van der Waals surface area (Å²) in [5.41, 5.74) is 3.35. The minimum Gasteiger partial charge on any atom is -0.449 e. The molecule has 2 N–H and O–H groups in total. The summed E-state index contributed by atoms with van der Waals surface area (Å²) < 4.78 is 33.1. The zero-order valence-corrected chi connectivity index (χ0v) is 19.5. The van der Waals surface area contributed by atoms with Crippen LogP contribution in [0.5, 0.6) is 0 Å². The average molecular weight is 467 g/mol. The Kier molecular flexibility index (Phi) is 7.63. The van der Waals surface area contributed by atoms with Crippen molar-refractivity contribution in [3.63, 3.8) is 0 Å². The summed E-state index contributed by atoms with van der Waals surface area (Å²) in [6.07, 6.45) is -1.08. The zero-order valence-electron chi connectivity index (χ0n) is 18.7. The lowest BCUT2D eigenvalue weighted by Crippen LogP contribution is -2.30. The van der Waals surface area contributed by atoms with Crippen molar-refractivity contribution >= 4 is 27.6 Å². The maximum Gasteiger partial charge on any atom is 0.338 e. The van der Waals surface area contributed by atoms with Gasteiger partial charge in [-0.2, -0.15) is 0 Å². The van der Waals surface area contributed by atoms with Gasteiger partial charge < -0.3 is 10.1 Å². The zero-order chi connectivity index (χ0) is 24.0. The van der Waals surface area contributed by atoms with Crippen LogP contribution in [0.2, 0.25) is 0 Å². The lowest BCUT2D eigenvalue weighted by molar-refractivity contribution is -0.123. The molecule has 0 fully saturated rings. The third kappa shape index (κ3) is 6.50. The van der Waals surface area contributed by atoms with Crippen LogP contribution in [0.4, 0.5) is 5.69 Å². The van der Waals surface area contributed by atoms with E-state index in [0.717, 1.165) is 16.7 Å². The maximum absolute atomic E-state index is 12.6. The van der Waals surface area contributed by atoms with Gasteiger partial charge in [0.2, 0.25) is 10.0 Å². The monoisotopic (exact) mass is 466 g/mol. The van der Waals surface area contributed by atoms with Crippen LogP contribution < -0.4 is 10.0 Å². The van der Waals surface area contributed by atoms with E-state index in [2.05, 4.69) is 10.0 Å². The summed E-state index contributed by atoms with van der Waals surface area (Å²) in [4.78, 5) is 25.0. The second-order valence-corrected chi connectivity index (χ2v) is 9.46. The number of aryl methyl sites for hydroxylation is 2. The molecule has 7 nitrogen and oxygen atoms in total. The highest BCUT2D eigenvalue weighted by molar-refractivity contribution is 7.89. The van der Waals surface area contributed by atoms with Crippen molar-refractivity contribution < 1.29 is 22.7 Å². The molecule has 1 unspecified atom stereocenters. The van der Waals surface area contributed by atoms with E-state index in [0.29, 0.717) is 5.69 Å². The van der Waals surface area contributed by atoms with Crippen LogP contribution in [-0.4, -0.2) is 26.4 Å². The quantitative estimate of drug-likeness (QED) is 0.489. The highest BCUT2D eigenvalue weighted by Gasteiger charge is 2.21. The van der Waals surface area contributed by atoms with Gasteiger partial charge in [0.15, 0.2) is 6.10 Å². The SMILES string of the molecule is Cc1ccc(C)c(NC(=O)C(C)OC(=O)c2cccc(S(=O)(=O)NCc3ccccc3)c2)c1. The van der Waals surface area contributed by atoms with Crippen LogP contribution in [0, 0.1) is 13.8 Å². The van der Waals surface area contributed by atoms with Gasteiger partial charge in [0.25, 0.3) is 5.91 Å². The molecule has 0 aliphatic rings. The maximum atomic E-state index is 12.6. The Morgan fingerprint density at radius 2 is 1.67 bits per heavy atom. The number of carbonyl (C=O) groups excluding carboxylic acids is 2. The molecule has 8 heteroatoms. The van der Waals surface area contributed by atoms with Crippen molar-refractivity contribution in [2.45, 2.75) is 38.3 Å². The predicted molar refractivity (Wildman–Crippen MR) is 126 cm³/mol. The minimum absolute atomic E-state index is 0.0315. The third-order valence-corrected chi connectivity index (χ3v) is 6.39. The number of hydrogen-bond donors (Lipinski definition) is 2. The van der Waals surface area contributed by atoms with Crippen molar-refractivity contribution in [2.24, 2.45) is 0 Å². The third-order valence-electron chi connectivity index (χ3n) is 4.99. The summed E-state index contributed by atoms with van der Waals surface area (Å²) in [5, 5.41) is 2.75. The molecular formula is C25H26N2O5S. The summed E-state index contributed by atoms with van der Waals surface area (Å²) >= 11 is 0.